The standard InChI is InChI=1S/C15H26N2/c1-5-7-13-8-10-14(11-9-13)15(17(3)4)12-16-6-2/h8-11,15-16H,5-7,12H2,1-4H3. The third kappa shape index (κ3) is 4.49. The van der Waals surface area contributed by atoms with Gasteiger partial charge in [-0.2, -0.15) is 0 Å². The number of rotatable bonds is 7. The van der Waals surface area contributed by atoms with Crippen LogP contribution in [-0.4, -0.2) is 32.1 Å². The van der Waals surface area contributed by atoms with Crippen LogP contribution < -0.4 is 5.32 Å². The zero-order valence-corrected chi connectivity index (χ0v) is 11.7. The second-order valence-corrected chi connectivity index (χ2v) is 4.78. The molecule has 0 fully saturated rings. The number of hydrogen-bond donors (Lipinski definition) is 1. The lowest BCUT2D eigenvalue weighted by atomic mass is 10.0. The Morgan fingerprint density at radius 3 is 2.24 bits per heavy atom. The molecule has 2 nitrogen and oxygen atoms in total. The normalized spacial score (nSPS) is 13.0. The topological polar surface area (TPSA) is 15.3 Å². The Morgan fingerprint density at radius 2 is 1.76 bits per heavy atom. The van der Waals surface area contributed by atoms with Crippen LogP contribution in [0.15, 0.2) is 24.3 Å². The van der Waals surface area contributed by atoms with E-state index >= 15 is 0 Å². The SMILES string of the molecule is CCCc1ccc(C(CNCC)N(C)C)cc1. The van der Waals surface area contributed by atoms with Crippen LogP contribution in [0.1, 0.15) is 37.4 Å². The third-order valence-electron chi connectivity index (χ3n) is 3.11. The van der Waals surface area contributed by atoms with Crippen molar-refractivity contribution in [2.45, 2.75) is 32.7 Å². The van der Waals surface area contributed by atoms with E-state index in [1.54, 1.807) is 0 Å². The summed E-state index contributed by atoms with van der Waals surface area (Å²) in [4.78, 5) is 2.28. The van der Waals surface area contributed by atoms with Gasteiger partial charge in [0.15, 0.2) is 0 Å². The molecule has 1 unspecified atom stereocenters. The Hall–Kier alpha value is -0.860. The summed E-state index contributed by atoms with van der Waals surface area (Å²) in [5, 5.41) is 3.43. The predicted octanol–water partition coefficient (Wildman–Crippen LogP) is 2.85. The molecule has 1 rings (SSSR count). The zero-order chi connectivity index (χ0) is 12.7. The molecular formula is C15H26N2. The number of nitrogens with one attached hydrogen (secondary N) is 1. The first-order valence-electron chi connectivity index (χ1n) is 6.65. The first-order valence-corrected chi connectivity index (χ1v) is 6.65. The van der Waals surface area contributed by atoms with Gasteiger partial charge in [-0.1, -0.05) is 44.5 Å². The highest BCUT2D eigenvalue weighted by Gasteiger charge is 2.12. The van der Waals surface area contributed by atoms with E-state index in [9.17, 15) is 0 Å². The Balaban J connectivity index is 2.72. The molecule has 1 aromatic rings. The van der Waals surface area contributed by atoms with Crippen molar-refractivity contribution in [2.75, 3.05) is 27.2 Å². The number of benzene rings is 1. The predicted molar refractivity (Wildman–Crippen MR) is 75.4 cm³/mol. The van der Waals surface area contributed by atoms with Crippen molar-refractivity contribution in [3.63, 3.8) is 0 Å². The summed E-state index contributed by atoms with van der Waals surface area (Å²) in [5.74, 6) is 0. The third-order valence-corrected chi connectivity index (χ3v) is 3.11. The molecular weight excluding hydrogens is 208 g/mol. The molecule has 0 bridgehead atoms. The minimum absolute atomic E-state index is 0.464. The van der Waals surface area contributed by atoms with Gasteiger partial charge < -0.3 is 10.2 Å². The van der Waals surface area contributed by atoms with Crippen molar-refractivity contribution in [1.29, 1.82) is 0 Å². The molecule has 0 aliphatic carbocycles. The molecule has 1 aromatic carbocycles. The van der Waals surface area contributed by atoms with Crippen LogP contribution in [0.3, 0.4) is 0 Å². The average Bonchev–Trinajstić information content (AvgIpc) is 2.31. The summed E-state index contributed by atoms with van der Waals surface area (Å²) in [6.45, 7) is 6.41. The van der Waals surface area contributed by atoms with Crippen LogP contribution in [0, 0.1) is 0 Å². The molecule has 0 spiro atoms. The van der Waals surface area contributed by atoms with Gasteiger partial charge in [0.2, 0.25) is 0 Å². The zero-order valence-electron chi connectivity index (χ0n) is 11.7. The molecule has 0 radical (unpaired) electrons. The van der Waals surface area contributed by atoms with Gasteiger partial charge in [0.1, 0.15) is 0 Å². The van der Waals surface area contributed by atoms with Gasteiger partial charge >= 0.3 is 0 Å². The second-order valence-electron chi connectivity index (χ2n) is 4.78. The maximum atomic E-state index is 3.43. The minimum Gasteiger partial charge on any atom is -0.315 e. The van der Waals surface area contributed by atoms with Crippen LogP contribution in [0.5, 0.6) is 0 Å². The Morgan fingerprint density at radius 1 is 1.12 bits per heavy atom. The summed E-state index contributed by atoms with van der Waals surface area (Å²) in [6.07, 6.45) is 2.40. The minimum atomic E-state index is 0.464. The molecule has 0 aromatic heterocycles. The van der Waals surface area contributed by atoms with E-state index in [1.165, 1.54) is 24.0 Å². The Bertz CT molecular complexity index is 303. The highest BCUT2D eigenvalue weighted by molar-refractivity contribution is 5.25. The van der Waals surface area contributed by atoms with Crippen LogP contribution in [0.25, 0.3) is 0 Å². The van der Waals surface area contributed by atoms with Gasteiger partial charge in [0, 0.05) is 12.6 Å². The lowest BCUT2D eigenvalue weighted by Gasteiger charge is -2.25. The van der Waals surface area contributed by atoms with Crippen molar-refractivity contribution in [1.82, 2.24) is 10.2 Å². The van der Waals surface area contributed by atoms with Gasteiger partial charge in [-0.3, -0.25) is 0 Å². The van der Waals surface area contributed by atoms with E-state index in [1.807, 2.05) is 0 Å². The van der Waals surface area contributed by atoms with Crippen molar-refractivity contribution in [2.24, 2.45) is 0 Å². The van der Waals surface area contributed by atoms with E-state index in [2.05, 4.69) is 62.4 Å². The van der Waals surface area contributed by atoms with Crippen LogP contribution in [-0.2, 0) is 6.42 Å². The number of aryl methyl sites for hydroxylation is 1. The number of hydrogen-bond acceptors (Lipinski definition) is 2. The molecule has 96 valence electrons. The molecule has 0 amide bonds. The van der Waals surface area contributed by atoms with E-state index in [-0.39, 0.29) is 0 Å². The molecule has 0 aliphatic rings. The summed E-state index contributed by atoms with van der Waals surface area (Å²) < 4.78 is 0. The smallest absolute Gasteiger partial charge is 0.0466 e. The van der Waals surface area contributed by atoms with E-state index < -0.39 is 0 Å². The molecule has 1 atom stereocenters. The monoisotopic (exact) mass is 234 g/mol. The van der Waals surface area contributed by atoms with Crippen molar-refractivity contribution < 1.29 is 0 Å². The van der Waals surface area contributed by atoms with E-state index in [0.29, 0.717) is 6.04 Å². The van der Waals surface area contributed by atoms with Crippen molar-refractivity contribution in [3.05, 3.63) is 35.4 Å². The maximum Gasteiger partial charge on any atom is 0.0466 e. The Kier molecular flexibility index (Phi) is 6.23. The van der Waals surface area contributed by atoms with Gasteiger partial charge in [0.05, 0.1) is 0 Å². The highest BCUT2D eigenvalue weighted by Crippen LogP contribution is 2.18. The quantitative estimate of drug-likeness (QED) is 0.780. The fourth-order valence-electron chi connectivity index (χ4n) is 2.07. The Labute approximate surface area is 106 Å². The largest absolute Gasteiger partial charge is 0.315 e. The average molecular weight is 234 g/mol. The van der Waals surface area contributed by atoms with Gasteiger partial charge in [-0.05, 0) is 38.2 Å². The van der Waals surface area contributed by atoms with Crippen molar-refractivity contribution >= 4 is 0 Å². The maximum absolute atomic E-state index is 3.43. The van der Waals surface area contributed by atoms with E-state index in [0.717, 1.165) is 13.1 Å². The fourth-order valence-corrected chi connectivity index (χ4v) is 2.07. The number of likely N-dealkylation sites (N-methyl/N-ethyl adjacent to an activating group) is 2. The molecule has 0 aliphatic heterocycles. The second kappa shape index (κ2) is 7.46. The first kappa shape index (κ1) is 14.2. The van der Waals surface area contributed by atoms with Gasteiger partial charge in [-0.25, -0.2) is 0 Å². The highest BCUT2D eigenvalue weighted by atomic mass is 15.1. The van der Waals surface area contributed by atoms with Crippen LogP contribution in [0.4, 0.5) is 0 Å². The molecule has 2 heteroatoms. The molecule has 1 N–H and O–H groups in total. The molecule has 0 heterocycles. The number of nitrogens with zero attached hydrogens (tertiary/aromatic N) is 1. The first-order chi connectivity index (χ1) is 8.19. The molecule has 17 heavy (non-hydrogen) atoms. The lowest BCUT2D eigenvalue weighted by molar-refractivity contribution is 0.290. The van der Waals surface area contributed by atoms with Crippen LogP contribution in [0.2, 0.25) is 0 Å². The molecule has 0 saturated heterocycles. The summed E-state index contributed by atoms with van der Waals surface area (Å²) in [5.41, 5.74) is 2.84. The van der Waals surface area contributed by atoms with Gasteiger partial charge in [0.25, 0.3) is 0 Å². The lowest BCUT2D eigenvalue weighted by Crippen LogP contribution is -2.30. The fraction of sp³-hybridized carbons (Fsp3) is 0.600. The van der Waals surface area contributed by atoms with E-state index in [4.69, 9.17) is 0 Å². The summed E-state index contributed by atoms with van der Waals surface area (Å²) in [7, 11) is 4.28. The van der Waals surface area contributed by atoms with Crippen molar-refractivity contribution in [3.8, 4) is 0 Å². The summed E-state index contributed by atoms with van der Waals surface area (Å²) >= 11 is 0. The van der Waals surface area contributed by atoms with Gasteiger partial charge in [-0.15, -0.1) is 0 Å². The van der Waals surface area contributed by atoms with Crippen LogP contribution >= 0.6 is 0 Å². The summed E-state index contributed by atoms with van der Waals surface area (Å²) in [6, 6.07) is 9.54. The molecule has 0 saturated carbocycles.